The van der Waals surface area contributed by atoms with E-state index >= 15 is 0 Å². The molecule has 0 saturated carbocycles. The molecular formula is C23H24N2O4. The summed E-state index contributed by atoms with van der Waals surface area (Å²) in [6.07, 6.45) is 1.09. The lowest BCUT2D eigenvalue weighted by Gasteiger charge is -2.26. The van der Waals surface area contributed by atoms with Gasteiger partial charge in [0.1, 0.15) is 0 Å². The molecule has 1 saturated heterocycles. The number of hydrogen-bond donors (Lipinski definition) is 0. The van der Waals surface area contributed by atoms with Crippen LogP contribution in [0.4, 0.5) is 11.4 Å². The second-order valence-corrected chi connectivity index (χ2v) is 7.60. The Morgan fingerprint density at radius 1 is 1.07 bits per heavy atom. The molecule has 6 nitrogen and oxygen atoms in total. The smallest absolute Gasteiger partial charge is 0.341 e. The number of esters is 1. The fourth-order valence-electron chi connectivity index (χ4n) is 4.16. The standard InChI is InChI=1S/C23H24N2O4/c1-15-14-17-8-3-5-10-19(17)25(15)22(27)16(2)29-23(28)18-9-4-6-11-20(18)24-13-7-12-21(24)26/h3-6,8-11,15-16H,7,12-14H2,1-2H3/t15-,16+/m1/s1. The first kappa shape index (κ1) is 19.2. The topological polar surface area (TPSA) is 66.9 Å². The number of rotatable bonds is 4. The van der Waals surface area contributed by atoms with Crippen molar-refractivity contribution in [2.75, 3.05) is 16.3 Å². The average Bonchev–Trinajstić information content (AvgIpc) is 3.29. The Morgan fingerprint density at radius 3 is 2.48 bits per heavy atom. The molecule has 6 heteroatoms. The number of ether oxygens (including phenoxy) is 1. The number of nitrogens with zero attached hydrogens (tertiary/aromatic N) is 2. The molecule has 2 heterocycles. The van der Waals surface area contributed by atoms with E-state index in [0.29, 0.717) is 24.2 Å². The third-order valence-electron chi connectivity index (χ3n) is 5.56. The van der Waals surface area contributed by atoms with Crippen molar-refractivity contribution in [1.29, 1.82) is 0 Å². The van der Waals surface area contributed by atoms with E-state index < -0.39 is 12.1 Å². The molecule has 0 spiro atoms. The molecule has 4 rings (SSSR count). The summed E-state index contributed by atoms with van der Waals surface area (Å²) in [4.78, 5) is 41.4. The van der Waals surface area contributed by atoms with Crippen LogP contribution < -0.4 is 9.80 Å². The van der Waals surface area contributed by atoms with Crippen molar-refractivity contribution in [3.8, 4) is 0 Å². The van der Waals surface area contributed by atoms with E-state index in [4.69, 9.17) is 4.74 Å². The first-order chi connectivity index (χ1) is 14.0. The Morgan fingerprint density at radius 2 is 1.76 bits per heavy atom. The zero-order chi connectivity index (χ0) is 20.5. The molecule has 0 bridgehead atoms. The van der Waals surface area contributed by atoms with Crippen LogP contribution in [0.2, 0.25) is 0 Å². The Bertz CT molecular complexity index is 971. The van der Waals surface area contributed by atoms with Crippen LogP contribution in [0.5, 0.6) is 0 Å². The normalized spacial score (nSPS) is 19.2. The van der Waals surface area contributed by atoms with Crippen molar-refractivity contribution in [1.82, 2.24) is 0 Å². The predicted molar refractivity (Wildman–Crippen MR) is 110 cm³/mol. The summed E-state index contributed by atoms with van der Waals surface area (Å²) in [7, 11) is 0. The molecule has 2 amide bonds. The minimum atomic E-state index is -0.932. The van der Waals surface area contributed by atoms with Gasteiger partial charge in [0.2, 0.25) is 5.91 Å². The number of fused-ring (bicyclic) bond motifs is 1. The average molecular weight is 392 g/mol. The van der Waals surface area contributed by atoms with Crippen molar-refractivity contribution in [3.05, 3.63) is 59.7 Å². The van der Waals surface area contributed by atoms with E-state index in [9.17, 15) is 14.4 Å². The minimum absolute atomic E-state index is 0.00290. The summed E-state index contributed by atoms with van der Waals surface area (Å²) in [5.41, 5.74) is 2.83. The lowest BCUT2D eigenvalue weighted by Crippen LogP contribution is -2.43. The maximum atomic E-state index is 13.1. The van der Waals surface area contributed by atoms with E-state index in [2.05, 4.69) is 0 Å². The van der Waals surface area contributed by atoms with E-state index in [1.54, 1.807) is 41.0 Å². The van der Waals surface area contributed by atoms with Gasteiger partial charge in [0.25, 0.3) is 5.91 Å². The van der Waals surface area contributed by atoms with Crippen molar-refractivity contribution in [2.24, 2.45) is 0 Å². The van der Waals surface area contributed by atoms with Gasteiger partial charge in [0, 0.05) is 24.7 Å². The minimum Gasteiger partial charge on any atom is -0.449 e. The number of anilines is 2. The van der Waals surface area contributed by atoms with Crippen molar-refractivity contribution in [3.63, 3.8) is 0 Å². The molecule has 2 aliphatic heterocycles. The second-order valence-electron chi connectivity index (χ2n) is 7.60. The monoisotopic (exact) mass is 392 g/mol. The summed E-state index contributed by atoms with van der Waals surface area (Å²) in [6.45, 7) is 4.16. The van der Waals surface area contributed by atoms with Crippen LogP contribution >= 0.6 is 0 Å². The SMILES string of the molecule is C[C@H](OC(=O)c1ccccc1N1CCCC1=O)C(=O)N1c2ccccc2C[C@H]1C. The van der Waals surface area contributed by atoms with Gasteiger partial charge >= 0.3 is 5.97 Å². The number of benzene rings is 2. The molecule has 0 aliphatic carbocycles. The third-order valence-corrected chi connectivity index (χ3v) is 5.56. The molecule has 0 N–H and O–H groups in total. The van der Waals surface area contributed by atoms with Crippen LogP contribution in [0.25, 0.3) is 0 Å². The maximum absolute atomic E-state index is 13.1. The van der Waals surface area contributed by atoms with Crippen LogP contribution in [0.3, 0.4) is 0 Å². The van der Waals surface area contributed by atoms with Gasteiger partial charge in [-0.15, -0.1) is 0 Å². The fourth-order valence-corrected chi connectivity index (χ4v) is 4.16. The van der Waals surface area contributed by atoms with Crippen LogP contribution in [0.1, 0.15) is 42.6 Å². The lowest BCUT2D eigenvalue weighted by atomic mass is 10.1. The van der Waals surface area contributed by atoms with E-state index in [1.807, 2.05) is 31.2 Å². The maximum Gasteiger partial charge on any atom is 0.341 e. The van der Waals surface area contributed by atoms with Gasteiger partial charge in [-0.25, -0.2) is 4.79 Å². The van der Waals surface area contributed by atoms with Crippen LogP contribution in [-0.4, -0.2) is 36.5 Å². The first-order valence-corrected chi connectivity index (χ1v) is 9.98. The van der Waals surface area contributed by atoms with E-state index in [-0.39, 0.29) is 17.9 Å². The van der Waals surface area contributed by atoms with Crippen molar-refractivity contribution in [2.45, 2.75) is 45.3 Å². The van der Waals surface area contributed by atoms with Gasteiger partial charge in [0.05, 0.1) is 11.3 Å². The van der Waals surface area contributed by atoms with Gasteiger partial charge in [-0.3, -0.25) is 9.59 Å². The molecular weight excluding hydrogens is 368 g/mol. The highest BCUT2D eigenvalue weighted by Gasteiger charge is 2.35. The van der Waals surface area contributed by atoms with Gasteiger partial charge in [-0.05, 0) is 50.5 Å². The summed E-state index contributed by atoms with van der Waals surface area (Å²) < 4.78 is 5.54. The Hall–Kier alpha value is -3.15. The number of para-hydroxylation sites is 2. The number of hydrogen-bond acceptors (Lipinski definition) is 4. The highest BCUT2D eigenvalue weighted by molar-refractivity contribution is 6.05. The summed E-state index contributed by atoms with van der Waals surface area (Å²) in [6, 6.07) is 14.7. The lowest BCUT2D eigenvalue weighted by molar-refractivity contribution is -0.126. The predicted octanol–water partition coefficient (Wildman–Crippen LogP) is 3.34. The number of amides is 2. The Labute approximate surface area is 170 Å². The first-order valence-electron chi connectivity index (χ1n) is 9.98. The summed E-state index contributed by atoms with van der Waals surface area (Å²) >= 11 is 0. The zero-order valence-corrected chi connectivity index (χ0v) is 16.6. The summed E-state index contributed by atoms with van der Waals surface area (Å²) in [5, 5.41) is 0. The fraction of sp³-hybridized carbons (Fsp3) is 0.348. The van der Waals surface area contributed by atoms with E-state index in [0.717, 1.165) is 24.1 Å². The number of carbonyl (C=O) groups excluding carboxylic acids is 3. The van der Waals surface area contributed by atoms with Gasteiger partial charge in [0.15, 0.2) is 6.10 Å². The highest BCUT2D eigenvalue weighted by atomic mass is 16.5. The Balaban J connectivity index is 1.52. The second kappa shape index (κ2) is 7.70. The summed E-state index contributed by atoms with van der Waals surface area (Å²) in [5.74, 6) is -0.844. The van der Waals surface area contributed by atoms with Crippen molar-refractivity contribution >= 4 is 29.2 Å². The van der Waals surface area contributed by atoms with Crippen LogP contribution in [0.15, 0.2) is 48.5 Å². The molecule has 2 aromatic rings. The largest absolute Gasteiger partial charge is 0.449 e. The van der Waals surface area contributed by atoms with Crippen molar-refractivity contribution < 1.29 is 19.1 Å². The number of carbonyl (C=O) groups is 3. The zero-order valence-electron chi connectivity index (χ0n) is 16.6. The Kier molecular flexibility index (Phi) is 5.09. The van der Waals surface area contributed by atoms with Crippen LogP contribution in [0, 0.1) is 0 Å². The third kappa shape index (κ3) is 3.50. The molecule has 0 radical (unpaired) electrons. The van der Waals surface area contributed by atoms with Gasteiger partial charge in [-0.1, -0.05) is 30.3 Å². The van der Waals surface area contributed by atoms with Crippen LogP contribution in [-0.2, 0) is 20.7 Å². The molecule has 2 aromatic carbocycles. The van der Waals surface area contributed by atoms with E-state index in [1.165, 1.54) is 0 Å². The molecule has 2 aliphatic rings. The van der Waals surface area contributed by atoms with Gasteiger partial charge in [-0.2, -0.15) is 0 Å². The molecule has 29 heavy (non-hydrogen) atoms. The molecule has 0 unspecified atom stereocenters. The molecule has 150 valence electrons. The quantitative estimate of drug-likeness (QED) is 0.749. The highest BCUT2D eigenvalue weighted by Crippen LogP contribution is 2.33. The van der Waals surface area contributed by atoms with Gasteiger partial charge < -0.3 is 14.5 Å². The molecule has 2 atom stereocenters. The molecule has 0 aromatic heterocycles. The molecule has 1 fully saturated rings.